The number of pyridine rings is 5. The van der Waals surface area contributed by atoms with Gasteiger partial charge in [-0.25, -0.2) is 24.7 Å². The topological polar surface area (TPSA) is 204 Å². The molecule has 0 unspecified atom stereocenters. The molecule has 17 nitrogen and oxygen atoms in total. The van der Waals surface area contributed by atoms with Crippen LogP contribution in [0.2, 0.25) is 10.3 Å². The van der Waals surface area contributed by atoms with Crippen molar-refractivity contribution < 1.29 is 67.8 Å². The summed E-state index contributed by atoms with van der Waals surface area (Å²) in [7, 11) is 4.00. The molecule has 0 saturated carbocycles. The zero-order valence-corrected chi connectivity index (χ0v) is 89.5. The maximum Gasteiger partial charge on any atom is 0.496 e. The number of ether oxygens (including phenoxy) is 5. The van der Waals surface area contributed by atoms with Gasteiger partial charge in [0, 0.05) is 43.8 Å². The van der Waals surface area contributed by atoms with E-state index in [4.69, 9.17) is 67.8 Å². The van der Waals surface area contributed by atoms with Gasteiger partial charge in [-0.3, -0.25) is 14.6 Å². The van der Waals surface area contributed by atoms with Crippen LogP contribution in [-0.2, 0) is 53.4 Å². The molecule has 8 heterocycles. The molecule has 5 aromatic heterocycles. The maximum absolute atomic E-state index is 11.7. The summed E-state index contributed by atoms with van der Waals surface area (Å²) in [6.07, 6.45) is 3.36. The molecule has 0 bridgehead atoms. The summed E-state index contributed by atoms with van der Waals surface area (Å²) in [5.41, 5.74) is 7.92. The van der Waals surface area contributed by atoms with Crippen molar-refractivity contribution >= 4 is 161 Å². The van der Waals surface area contributed by atoms with Crippen LogP contribution >= 0.6 is 66.5 Å². The summed E-state index contributed by atoms with van der Waals surface area (Å²) in [6, 6.07) is 138. The van der Waals surface area contributed by atoms with E-state index in [1.807, 2.05) is 59.7 Å². The number of nitrogens with zero attached hydrogens (tertiary/aromatic N) is 5. The van der Waals surface area contributed by atoms with E-state index in [0.717, 1.165) is 44.8 Å². The van der Waals surface area contributed by atoms with Gasteiger partial charge in [0.05, 0.1) is 105 Å². The number of aromatic nitrogens is 5. The molecule has 3 aliphatic heterocycles. The Kier molecular flexibility index (Phi) is 44.0. The first-order valence-corrected chi connectivity index (χ1v) is 53.1. The number of rotatable bonds is 21. The molecule has 0 atom stereocenters. The second-order valence-electron chi connectivity index (χ2n) is 33.4. The molecule has 1 saturated heterocycles. The predicted molar refractivity (Wildman–Crippen MR) is 602 cm³/mol. The molecule has 1 fully saturated rings. The summed E-state index contributed by atoms with van der Waals surface area (Å²) >= 11 is 17.2. The van der Waals surface area contributed by atoms with Gasteiger partial charge in [0.15, 0.2) is 11.5 Å². The van der Waals surface area contributed by atoms with E-state index >= 15 is 0 Å². The van der Waals surface area contributed by atoms with E-state index in [1.165, 1.54) is 63.7 Å². The number of carbonyl (C=O) groups is 3. The number of alkyl halides is 1. The molecule has 145 heavy (non-hydrogen) atoms. The third-order valence-electron chi connectivity index (χ3n) is 23.2. The van der Waals surface area contributed by atoms with Gasteiger partial charge in [0.25, 0.3) is 23.6 Å². The third-order valence-corrected chi connectivity index (χ3v) is 33.6. The first-order chi connectivity index (χ1) is 69.5. The Morgan fingerprint density at radius 1 is 0.379 bits per heavy atom. The Hall–Kier alpha value is -12.8. The fourth-order valence-electron chi connectivity index (χ4n) is 15.7. The zero-order valence-electron chi connectivity index (χ0n) is 82.1. The van der Waals surface area contributed by atoms with Crippen molar-refractivity contribution in [3.05, 3.63) is 467 Å². The van der Waals surface area contributed by atoms with E-state index in [-0.39, 0.29) is 56.7 Å². The van der Waals surface area contributed by atoms with Crippen LogP contribution in [0, 0.1) is 20.8 Å². The third kappa shape index (κ3) is 30.7. The van der Waals surface area contributed by atoms with Crippen LogP contribution in [0.4, 0.5) is 0 Å². The molecule has 2 amide bonds. The minimum absolute atomic E-state index is 0. The average Bonchev–Trinajstić information content (AvgIpc) is 1.47. The predicted octanol–water partition coefficient (Wildman–Crippen LogP) is 21.8. The molecule has 742 valence electrons. The van der Waals surface area contributed by atoms with Gasteiger partial charge in [-0.2, -0.15) is 0 Å². The second kappa shape index (κ2) is 56.6. The molecule has 0 radical (unpaired) electrons. The van der Waals surface area contributed by atoms with E-state index in [0.29, 0.717) is 75.6 Å². The fourth-order valence-corrected chi connectivity index (χ4v) is 25.6. The van der Waals surface area contributed by atoms with Gasteiger partial charge in [-0.05, 0) is 198 Å². The van der Waals surface area contributed by atoms with Crippen molar-refractivity contribution in [1.82, 2.24) is 35.6 Å². The van der Waals surface area contributed by atoms with E-state index in [9.17, 15) is 14.4 Å². The number of aryl methyl sites for hydroxylation is 3. The van der Waals surface area contributed by atoms with Gasteiger partial charge in [0.1, 0.15) is 10.3 Å². The first-order valence-electron chi connectivity index (χ1n) is 46.5. The number of benzene rings is 12. The number of amides is 2. The number of methoxy groups -OCH3 is 4. The van der Waals surface area contributed by atoms with Crippen molar-refractivity contribution in [3.8, 4) is 34.5 Å². The van der Waals surface area contributed by atoms with Gasteiger partial charge < -0.3 is 43.6 Å². The molecule has 17 aromatic rings. The van der Waals surface area contributed by atoms with Crippen molar-refractivity contribution in [2.24, 2.45) is 0 Å². The first kappa shape index (κ1) is 113. The minimum Gasteiger partial charge on any atom is -0.491 e. The second-order valence-corrected chi connectivity index (χ2v) is 43.3. The van der Waals surface area contributed by atoms with Crippen LogP contribution in [-0.4, -0.2) is 96.1 Å². The van der Waals surface area contributed by atoms with Crippen molar-refractivity contribution in [2.75, 3.05) is 35.0 Å². The van der Waals surface area contributed by atoms with Gasteiger partial charge in [-0.15, -0.1) is 11.6 Å². The fraction of sp³-hybridized carbons (Fsp3) is 0.160. The standard InChI is InChI=1S/4C18H15P.C15H15N3O3.C13H20BNO4.C10H11Cl2NO2.C8H7ClN2O.CH4.Pd/c4*1-4-10-16(11-5-1)19(17-12-6-2-7-13-17)18-14-8-3-9-15-18;1-8-4-10(18-11-7-16-14(19)13(8)11)9-5-12(20-2)15(21-3)17-6-9;1-12(2)13(3,4)19-14(18-12)9-7-10(16-5)11(17-6)15-8-9;1-3-15-10(14)9-6(2)4-8(12)13-7(9)5-11;1-4-2-6(9)11-5-3-10-8(12)7(4)5;;/h4*1-15H;4-6H,7H2,1-3H3,(H,16,19);7-8H,1-6H3;4H,3,5H2,1-2H3;2H,3H2,1H3,(H,10,12);1H4;. The Balaban J connectivity index is 0.000000158. The average molecular weight is 2150 g/mol. The molecule has 3 aliphatic rings. The minimum atomic E-state index is -0.447. The summed E-state index contributed by atoms with van der Waals surface area (Å²) < 4.78 is 37.6. The number of nitrogens with one attached hydrogen (secondary N) is 2. The summed E-state index contributed by atoms with van der Waals surface area (Å²) in [4.78, 5) is 55.5. The zero-order chi connectivity index (χ0) is 101. The molecular formula is C119H117BCl3N7O10P4Pd. The number of hydrogen-bond acceptors (Lipinski definition) is 15. The van der Waals surface area contributed by atoms with Crippen LogP contribution in [0.15, 0.2) is 407 Å². The summed E-state index contributed by atoms with van der Waals surface area (Å²) in [6.45, 7) is 16.6. The maximum atomic E-state index is 11.7. The van der Waals surface area contributed by atoms with Crippen LogP contribution in [0.5, 0.6) is 23.3 Å². The normalized spacial score (nSPS) is 12.3. The van der Waals surface area contributed by atoms with Crippen molar-refractivity contribution in [1.29, 1.82) is 0 Å². The molecule has 2 N–H and O–H groups in total. The van der Waals surface area contributed by atoms with E-state index in [1.54, 1.807) is 66.8 Å². The van der Waals surface area contributed by atoms with Crippen LogP contribution in [0.1, 0.15) is 107 Å². The van der Waals surface area contributed by atoms with Gasteiger partial charge in [-0.1, -0.05) is 395 Å². The number of esters is 1. The summed E-state index contributed by atoms with van der Waals surface area (Å²) in [5.74, 6) is 1.60. The smallest absolute Gasteiger partial charge is 0.491 e. The van der Waals surface area contributed by atoms with Gasteiger partial charge >= 0.3 is 13.1 Å². The molecule has 0 spiro atoms. The van der Waals surface area contributed by atoms with Crippen LogP contribution < -0.4 is 98.7 Å². The Bertz CT molecular complexity index is 6070. The molecule has 12 aromatic carbocycles. The number of hydrogen-bond donors (Lipinski definition) is 2. The SMILES string of the molecule is C.CCOC(=O)c1c(C)cc(Cl)nc1CCl.COc1cc(-c2cc(C)c3c(n2)CNC3=O)cnc1OC.COc1cc(B2OC(C)(C)C(C)(C)O2)cnc1OC.Cc1cc(Cl)nc2c1C(=O)NC2.[Pd].c1ccc(P(c2ccccc2)c2ccccc2)cc1.c1ccc(P(c2ccccc2)c2ccccc2)cc1.c1ccc(P(c2ccccc2)c2ccccc2)cc1.c1ccc(P(c2ccccc2)c2ccccc2)cc1. The van der Waals surface area contributed by atoms with E-state index in [2.05, 4.69) is 400 Å². The summed E-state index contributed by atoms with van der Waals surface area (Å²) in [5, 5.41) is 23.0. The van der Waals surface area contributed by atoms with Gasteiger partial charge in [0.2, 0.25) is 0 Å². The Labute approximate surface area is 886 Å². The molecule has 26 heteroatoms. The Morgan fingerprint density at radius 3 is 0.931 bits per heavy atom. The van der Waals surface area contributed by atoms with Crippen LogP contribution in [0.25, 0.3) is 11.3 Å². The molecule has 0 aliphatic carbocycles. The monoisotopic (exact) mass is 2150 g/mol. The van der Waals surface area contributed by atoms with Crippen LogP contribution in [0.3, 0.4) is 0 Å². The quantitative estimate of drug-likeness (QED) is 0.0226. The van der Waals surface area contributed by atoms with Crippen molar-refractivity contribution in [3.63, 3.8) is 0 Å². The molecular weight excluding hydrogens is 2030 g/mol. The Morgan fingerprint density at radius 2 is 0.648 bits per heavy atom. The molecule has 20 rings (SSSR count). The number of carbonyl (C=O) groups excluding carboxylic acids is 3. The largest absolute Gasteiger partial charge is 0.496 e. The number of halogens is 3. The van der Waals surface area contributed by atoms with E-state index < -0.39 is 44.8 Å². The number of fused-ring (bicyclic) bond motifs is 2. The van der Waals surface area contributed by atoms with Crippen molar-refractivity contribution in [2.45, 2.75) is 93.0 Å².